The minimum Gasteiger partial charge on any atom is -0.377 e. The highest BCUT2D eigenvalue weighted by Gasteiger charge is 2.53. The Balaban J connectivity index is -0.00000420. The zero-order valence-electron chi connectivity index (χ0n) is 22.9. The Morgan fingerprint density at radius 2 is 0.938 bits per heavy atom. The molecule has 0 bridgehead atoms. The Hall–Kier alpha value is 0.347. The van der Waals surface area contributed by atoms with Gasteiger partial charge in [-0.25, -0.2) is 0 Å². The molecule has 0 fully saturated rings. The topological polar surface area (TPSA) is 62.7 Å². The molecule has 198 valence electrons. The molecule has 0 radical (unpaired) electrons. The van der Waals surface area contributed by atoms with E-state index in [9.17, 15) is 0 Å². The smallest absolute Gasteiger partial charge is 0.377 e. The van der Waals surface area contributed by atoms with Crippen LogP contribution in [0.15, 0.2) is 0 Å². The molecule has 1 atom stereocenters. The van der Waals surface area contributed by atoms with E-state index in [1.54, 1.807) is 21.3 Å². The lowest BCUT2D eigenvalue weighted by Crippen LogP contribution is -2.52. The molecule has 0 saturated carbocycles. The van der Waals surface area contributed by atoms with E-state index in [0.717, 1.165) is 6.42 Å². The van der Waals surface area contributed by atoms with Crippen LogP contribution in [0.1, 0.15) is 137 Å². The Kier molecular flexibility index (Phi) is 26.6. The quantitative estimate of drug-likeness (QED) is 0.119. The Labute approximate surface area is 209 Å². The van der Waals surface area contributed by atoms with E-state index < -0.39 is 8.80 Å². The van der Waals surface area contributed by atoms with Gasteiger partial charge in [-0.1, -0.05) is 124 Å². The lowest BCUT2D eigenvalue weighted by atomic mass is 9.82. The van der Waals surface area contributed by atoms with Crippen molar-refractivity contribution in [2.45, 2.75) is 142 Å². The molecule has 6 heteroatoms. The molecule has 0 rings (SSSR count). The van der Waals surface area contributed by atoms with E-state index in [0.29, 0.717) is 5.54 Å². The molecule has 0 aromatic carbocycles. The van der Waals surface area contributed by atoms with Crippen LogP contribution < -0.4 is 6.15 Å². The number of rotatable bonds is 22. The second-order valence-electron chi connectivity index (χ2n) is 9.89. The van der Waals surface area contributed by atoms with Gasteiger partial charge in [-0.2, -0.15) is 0 Å². The summed E-state index contributed by atoms with van der Waals surface area (Å²) in [5.41, 5.74) is 0.543. The molecule has 1 unspecified atom stereocenters. The molecule has 0 aliphatic heterocycles. The zero-order chi connectivity index (χ0) is 22.7. The van der Waals surface area contributed by atoms with Crippen LogP contribution in [0.5, 0.6) is 0 Å². The number of halogens is 1. The maximum atomic E-state index is 5.90. The highest BCUT2D eigenvalue weighted by molar-refractivity contribution is 6.62. The van der Waals surface area contributed by atoms with Crippen molar-refractivity contribution in [1.82, 2.24) is 6.15 Å². The molecule has 0 aromatic heterocycles. The first-order valence-electron chi connectivity index (χ1n) is 13.1. The molecule has 32 heavy (non-hydrogen) atoms. The fraction of sp³-hybridized carbons (Fsp3) is 1.00. The van der Waals surface area contributed by atoms with E-state index in [1.807, 2.05) is 0 Å². The predicted octanol–water partition coefficient (Wildman–Crippen LogP) is 9.52. The molecule has 0 aliphatic rings. The SMILES string of the molecule is CCCCCCCCCCCCCCCCC(C(C)(C)CCC)[Si](OC)(OC)OC.Cl.N. The van der Waals surface area contributed by atoms with Crippen LogP contribution in [-0.4, -0.2) is 30.1 Å². The summed E-state index contributed by atoms with van der Waals surface area (Å²) in [5.74, 6) is 0. The van der Waals surface area contributed by atoms with Crippen molar-refractivity contribution >= 4 is 21.2 Å². The fourth-order valence-corrected chi connectivity index (χ4v) is 8.10. The van der Waals surface area contributed by atoms with Crippen LogP contribution in [0, 0.1) is 5.41 Å². The lowest BCUT2D eigenvalue weighted by molar-refractivity contribution is 0.0818. The molecule has 0 heterocycles. The van der Waals surface area contributed by atoms with Crippen LogP contribution in [0.25, 0.3) is 0 Å². The Morgan fingerprint density at radius 3 is 1.25 bits per heavy atom. The van der Waals surface area contributed by atoms with Crippen molar-refractivity contribution in [1.29, 1.82) is 0 Å². The van der Waals surface area contributed by atoms with Crippen molar-refractivity contribution in [2.75, 3.05) is 21.3 Å². The third-order valence-electron chi connectivity index (χ3n) is 6.96. The Morgan fingerprint density at radius 1 is 0.594 bits per heavy atom. The molecular weight excluding hydrogens is 438 g/mol. The number of hydrogen-bond donors (Lipinski definition) is 1. The summed E-state index contributed by atoms with van der Waals surface area (Å²) >= 11 is 0. The van der Waals surface area contributed by atoms with Crippen LogP contribution in [0.4, 0.5) is 0 Å². The summed E-state index contributed by atoms with van der Waals surface area (Å²) in [5, 5.41) is 0. The van der Waals surface area contributed by atoms with Gasteiger partial charge >= 0.3 is 8.80 Å². The first-order chi connectivity index (χ1) is 14.4. The van der Waals surface area contributed by atoms with Crippen molar-refractivity contribution in [2.24, 2.45) is 5.41 Å². The van der Waals surface area contributed by atoms with Gasteiger partial charge in [0.2, 0.25) is 0 Å². The van der Waals surface area contributed by atoms with Crippen LogP contribution in [0.3, 0.4) is 0 Å². The van der Waals surface area contributed by atoms with Gasteiger partial charge in [0.15, 0.2) is 0 Å². The third kappa shape index (κ3) is 15.3. The maximum Gasteiger partial charge on any atom is 0.503 e. The van der Waals surface area contributed by atoms with Crippen LogP contribution >= 0.6 is 12.4 Å². The van der Waals surface area contributed by atoms with Crippen molar-refractivity contribution in [3.05, 3.63) is 0 Å². The van der Waals surface area contributed by atoms with Crippen LogP contribution in [-0.2, 0) is 13.3 Å². The average molecular weight is 498 g/mol. The van der Waals surface area contributed by atoms with Gasteiger partial charge in [-0.15, -0.1) is 12.4 Å². The third-order valence-corrected chi connectivity index (χ3v) is 10.6. The van der Waals surface area contributed by atoms with E-state index in [2.05, 4.69) is 27.7 Å². The molecule has 4 nitrogen and oxygen atoms in total. The fourth-order valence-electron chi connectivity index (χ4n) is 5.08. The summed E-state index contributed by atoms with van der Waals surface area (Å²) < 4.78 is 17.7. The molecule has 0 spiro atoms. The highest BCUT2D eigenvalue weighted by atomic mass is 35.5. The monoisotopic (exact) mass is 497 g/mol. The van der Waals surface area contributed by atoms with E-state index in [-0.39, 0.29) is 24.0 Å². The van der Waals surface area contributed by atoms with Crippen molar-refractivity contribution in [3.8, 4) is 0 Å². The van der Waals surface area contributed by atoms with E-state index in [1.165, 1.54) is 103 Å². The maximum absolute atomic E-state index is 5.90. The average Bonchev–Trinajstić information content (AvgIpc) is 2.73. The summed E-state index contributed by atoms with van der Waals surface area (Å²) in [6, 6.07) is 0. The minimum atomic E-state index is -2.62. The predicted molar refractivity (Wildman–Crippen MR) is 146 cm³/mol. The summed E-state index contributed by atoms with van der Waals surface area (Å²) in [4.78, 5) is 0. The first-order valence-corrected chi connectivity index (χ1v) is 14.9. The van der Waals surface area contributed by atoms with Crippen molar-refractivity contribution < 1.29 is 13.3 Å². The molecule has 0 aromatic rings. The Bertz CT molecular complexity index is 374. The minimum absolute atomic E-state index is 0. The van der Waals surface area contributed by atoms with Gasteiger partial charge in [-0.3, -0.25) is 0 Å². The second kappa shape index (κ2) is 23.1. The zero-order valence-corrected chi connectivity index (χ0v) is 24.8. The molecule has 0 amide bonds. The summed E-state index contributed by atoms with van der Waals surface area (Å²) in [7, 11) is 2.67. The number of hydrogen-bond acceptors (Lipinski definition) is 4. The molecule has 3 N–H and O–H groups in total. The largest absolute Gasteiger partial charge is 0.503 e. The van der Waals surface area contributed by atoms with Gasteiger partial charge in [-0.05, 0) is 18.3 Å². The molecular formula is C26H60ClNO3Si. The van der Waals surface area contributed by atoms with Gasteiger partial charge in [0.05, 0.1) is 0 Å². The van der Waals surface area contributed by atoms with Gasteiger partial charge in [0.1, 0.15) is 0 Å². The van der Waals surface area contributed by atoms with E-state index >= 15 is 0 Å². The van der Waals surface area contributed by atoms with Gasteiger partial charge in [0.25, 0.3) is 0 Å². The normalized spacial score (nSPS) is 12.8. The van der Waals surface area contributed by atoms with E-state index in [4.69, 9.17) is 13.3 Å². The van der Waals surface area contributed by atoms with Crippen molar-refractivity contribution in [3.63, 3.8) is 0 Å². The standard InChI is InChI=1S/C26H56O3Si.ClH.H3N/c1-8-10-11-12-13-14-15-16-17-18-19-20-21-22-23-25(26(3,4)24-9-2)30(27-5,28-6)29-7;;/h25H,8-24H2,1-7H3;1H;1H3. The first kappa shape index (κ1) is 36.9. The van der Waals surface area contributed by atoms with Crippen LogP contribution in [0.2, 0.25) is 5.54 Å². The summed E-state index contributed by atoms with van der Waals surface area (Å²) in [6.45, 7) is 9.29. The van der Waals surface area contributed by atoms with Gasteiger partial charge in [0, 0.05) is 26.9 Å². The van der Waals surface area contributed by atoms with Gasteiger partial charge < -0.3 is 19.4 Å². The summed E-state index contributed by atoms with van der Waals surface area (Å²) in [6.07, 6.45) is 23.1. The lowest BCUT2D eigenvalue weighted by Gasteiger charge is -2.42. The highest BCUT2D eigenvalue weighted by Crippen LogP contribution is 2.47. The number of unbranched alkanes of at least 4 members (excludes halogenated alkanes) is 13. The second-order valence-corrected chi connectivity index (χ2v) is 13.0. The molecule has 0 saturated heterocycles. The molecule has 0 aliphatic carbocycles.